The molecule has 1 amide bonds. The van der Waals surface area contributed by atoms with Gasteiger partial charge in [0.05, 0.1) is 27.7 Å². The fourth-order valence-corrected chi connectivity index (χ4v) is 1.15. The van der Waals surface area contributed by atoms with E-state index >= 15 is 0 Å². The third-order valence-corrected chi connectivity index (χ3v) is 1.88. The third kappa shape index (κ3) is 11.4. The van der Waals surface area contributed by atoms with Gasteiger partial charge in [-0.1, -0.05) is 0 Å². The molecule has 3 nitrogen and oxygen atoms in total. The SMILES string of the molecule is CC(=O)NCCCCC[N+](C)(C)C. The van der Waals surface area contributed by atoms with E-state index in [0.29, 0.717) is 0 Å². The van der Waals surface area contributed by atoms with Gasteiger partial charge in [0.1, 0.15) is 0 Å². The van der Waals surface area contributed by atoms with Gasteiger partial charge in [0.25, 0.3) is 0 Å². The van der Waals surface area contributed by atoms with Gasteiger partial charge in [-0.3, -0.25) is 4.79 Å². The van der Waals surface area contributed by atoms with Gasteiger partial charge in [0.15, 0.2) is 0 Å². The van der Waals surface area contributed by atoms with Gasteiger partial charge in [-0.2, -0.15) is 0 Å². The molecule has 0 aliphatic heterocycles. The van der Waals surface area contributed by atoms with Crippen LogP contribution in [0.4, 0.5) is 0 Å². The minimum Gasteiger partial charge on any atom is -0.356 e. The molecule has 0 rings (SSSR count). The van der Waals surface area contributed by atoms with Gasteiger partial charge in [0.2, 0.25) is 5.91 Å². The lowest BCUT2D eigenvalue weighted by Gasteiger charge is -2.23. The number of quaternary nitrogens is 1. The Balaban J connectivity index is 3.13. The van der Waals surface area contributed by atoms with Crippen LogP contribution in [0.1, 0.15) is 26.2 Å². The number of nitrogens with one attached hydrogen (secondary N) is 1. The molecule has 0 aromatic carbocycles. The summed E-state index contributed by atoms with van der Waals surface area (Å²) in [4.78, 5) is 10.5. The maximum Gasteiger partial charge on any atom is 0.216 e. The molecule has 0 unspecified atom stereocenters. The molecule has 0 radical (unpaired) electrons. The molecule has 0 aromatic heterocycles. The van der Waals surface area contributed by atoms with Crippen LogP contribution in [-0.4, -0.2) is 44.6 Å². The maximum atomic E-state index is 10.5. The van der Waals surface area contributed by atoms with Crippen LogP contribution in [0.15, 0.2) is 0 Å². The van der Waals surface area contributed by atoms with E-state index in [-0.39, 0.29) is 5.91 Å². The van der Waals surface area contributed by atoms with E-state index in [2.05, 4.69) is 26.5 Å². The largest absolute Gasteiger partial charge is 0.356 e. The molecule has 0 saturated heterocycles. The summed E-state index contributed by atoms with van der Waals surface area (Å²) in [6, 6.07) is 0. The zero-order chi connectivity index (χ0) is 10.3. The summed E-state index contributed by atoms with van der Waals surface area (Å²) >= 11 is 0. The van der Waals surface area contributed by atoms with E-state index in [9.17, 15) is 4.79 Å². The van der Waals surface area contributed by atoms with E-state index in [1.807, 2.05) is 0 Å². The molecule has 1 N–H and O–H groups in total. The number of amides is 1. The average molecular weight is 187 g/mol. The normalized spacial score (nSPS) is 11.4. The Kier molecular flexibility index (Phi) is 5.71. The molecule has 0 aromatic rings. The van der Waals surface area contributed by atoms with Crippen LogP contribution in [0.5, 0.6) is 0 Å². The van der Waals surface area contributed by atoms with Crippen molar-refractivity contribution in [2.24, 2.45) is 0 Å². The lowest BCUT2D eigenvalue weighted by Crippen LogP contribution is -2.35. The van der Waals surface area contributed by atoms with E-state index in [1.54, 1.807) is 6.92 Å². The summed E-state index contributed by atoms with van der Waals surface area (Å²) < 4.78 is 1.03. The highest BCUT2D eigenvalue weighted by molar-refractivity contribution is 5.72. The summed E-state index contributed by atoms with van der Waals surface area (Å²) in [7, 11) is 6.61. The molecule has 0 bridgehead atoms. The minimum absolute atomic E-state index is 0.0756. The molecule has 0 aliphatic carbocycles. The van der Waals surface area contributed by atoms with Crippen molar-refractivity contribution in [2.45, 2.75) is 26.2 Å². The van der Waals surface area contributed by atoms with Crippen molar-refractivity contribution >= 4 is 5.91 Å². The van der Waals surface area contributed by atoms with Crippen LogP contribution in [-0.2, 0) is 4.79 Å². The fraction of sp³-hybridized carbons (Fsp3) is 0.900. The highest BCUT2D eigenvalue weighted by Crippen LogP contribution is 1.99. The van der Waals surface area contributed by atoms with Gasteiger partial charge in [-0.15, -0.1) is 0 Å². The Morgan fingerprint density at radius 2 is 1.77 bits per heavy atom. The monoisotopic (exact) mass is 187 g/mol. The quantitative estimate of drug-likeness (QED) is 0.488. The van der Waals surface area contributed by atoms with Crippen LogP contribution < -0.4 is 5.32 Å². The molecule has 0 fully saturated rings. The van der Waals surface area contributed by atoms with E-state index in [1.165, 1.54) is 19.4 Å². The Morgan fingerprint density at radius 1 is 1.15 bits per heavy atom. The molecule has 0 spiro atoms. The topological polar surface area (TPSA) is 29.1 Å². The summed E-state index contributed by atoms with van der Waals surface area (Å²) in [5, 5.41) is 2.80. The first kappa shape index (κ1) is 12.4. The van der Waals surface area contributed by atoms with Crippen molar-refractivity contribution in [3.63, 3.8) is 0 Å². The van der Waals surface area contributed by atoms with Gasteiger partial charge < -0.3 is 9.80 Å². The number of rotatable bonds is 6. The number of nitrogens with zero attached hydrogens (tertiary/aromatic N) is 1. The van der Waals surface area contributed by atoms with E-state index < -0.39 is 0 Å². The van der Waals surface area contributed by atoms with Crippen molar-refractivity contribution in [3.05, 3.63) is 0 Å². The number of carbonyl (C=O) groups excluding carboxylic acids is 1. The zero-order valence-corrected chi connectivity index (χ0v) is 9.39. The Bertz CT molecular complexity index is 149. The average Bonchev–Trinajstić information content (AvgIpc) is 1.93. The standard InChI is InChI=1S/C10H22N2O/c1-10(13)11-8-6-5-7-9-12(2,3)4/h5-9H2,1-4H3/p+1. The zero-order valence-electron chi connectivity index (χ0n) is 9.39. The Morgan fingerprint density at radius 3 is 2.23 bits per heavy atom. The molecule has 0 atom stereocenters. The lowest BCUT2D eigenvalue weighted by molar-refractivity contribution is -0.870. The molecular weight excluding hydrogens is 164 g/mol. The van der Waals surface area contributed by atoms with Crippen LogP contribution >= 0.6 is 0 Å². The van der Waals surface area contributed by atoms with Crippen molar-refractivity contribution < 1.29 is 9.28 Å². The van der Waals surface area contributed by atoms with E-state index in [0.717, 1.165) is 17.4 Å². The first-order chi connectivity index (χ1) is 5.92. The predicted molar refractivity (Wildman–Crippen MR) is 55.4 cm³/mol. The number of carbonyl (C=O) groups is 1. The molecule has 0 heterocycles. The van der Waals surface area contributed by atoms with Crippen LogP contribution in [0, 0.1) is 0 Å². The second-order valence-corrected chi connectivity index (χ2v) is 4.56. The molecular formula is C10H23N2O+. The fourth-order valence-electron chi connectivity index (χ4n) is 1.15. The molecule has 0 aliphatic rings. The smallest absolute Gasteiger partial charge is 0.216 e. The molecule has 13 heavy (non-hydrogen) atoms. The maximum absolute atomic E-state index is 10.5. The highest BCUT2D eigenvalue weighted by Gasteiger charge is 2.04. The summed E-state index contributed by atoms with van der Waals surface area (Å²) in [6.07, 6.45) is 3.54. The van der Waals surface area contributed by atoms with Crippen molar-refractivity contribution in [3.8, 4) is 0 Å². The van der Waals surface area contributed by atoms with Gasteiger partial charge >= 0.3 is 0 Å². The first-order valence-electron chi connectivity index (χ1n) is 4.97. The van der Waals surface area contributed by atoms with Crippen molar-refractivity contribution in [2.75, 3.05) is 34.2 Å². The number of hydrogen-bond donors (Lipinski definition) is 1. The van der Waals surface area contributed by atoms with Gasteiger partial charge in [-0.25, -0.2) is 0 Å². The predicted octanol–water partition coefficient (Wildman–Crippen LogP) is 0.999. The van der Waals surface area contributed by atoms with Gasteiger partial charge in [-0.05, 0) is 19.3 Å². The number of hydrogen-bond acceptors (Lipinski definition) is 1. The Hall–Kier alpha value is -0.570. The van der Waals surface area contributed by atoms with Crippen LogP contribution in [0.25, 0.3) is 0 Å². The second-order valence-electron chi connectivity index (χ2n) is 4.56. The molecule has 0 saturated carbocycles. The minimum atomic E-state index is 0.0756. The summed E-state index contributed by atoms with van der Waals surface area (Å²) in [5.74, 6) is 0.0756. The van der Waals surface area contributed by atoms with Crippen LogP contribution in [0.2, 0.25) is 0 Å². The van der Waals surface area contributed by atoms with Crippen molar-refractivity contribution in [1.82, 2.24) is 5.32 Å². The summed E-state index contributed by atoms with van der Waals surface area (Å²) in [6.45, 7) is 3.60. The summed E-state index contributed by atoms with van der Waals surface area (Å²) in [5.41, 5.74) is 0. The third-order valence-electron chi connectivity index (χ3n) is 1.88. The number of unbranched alkanes of at least 4 members (excludes halogenated alkanes) is 2. The van der Waals surface area contributed by atoms with Crippen molar-refractivity contribution in [1.29, 1.82) is 0 Å². The van der Waals surface area contributed by atoms with Gasteiger partial charge in [0, 0.05) is 13.5 Å². The molecule has 3 heteroatoms. The molecule has 78 valence electrons. The second kappa shape index (κ2) is 5.97. The Labute approximate surface area is 81.7 Å². The first-order valence-corrected chi connectivity index (χ1v) is 4.97. The van der Waals surface area contributed by atoms with E-state index in [4.69, 9.17) is 0 Å². The van der Waals surface area contributed by atoms with Crippen LogP contribution in [0.3, 0.4) is 0 Å². The highest BCUT2D eigenvalue weighted by atomic mass is 16.1. The lowest BCUT2D eigenvalue weighted by atomic mass is 10.2.